The van der Waals surface area contributed by atoms with Crippen LogP contribution in [0.25, 0.3) is 0 Å². The Balaban J connectivity index is 4.22. The second-order valence-corrected chi connectivity index (χ2v) is 2.86. The maximum Gasteiger partial charge on any atom is 0.0306 e. The fourth-order valence-electron chi connectivity index (χ4n) is 0.952. The minimum absolute atomic E-state index is 0.845. The summed E-state index contributed by atoms with van der Waals surface area (Å²) in [5.74, 6) is 0. The number of allylic oxidation sites excluding steroid dienone is 5. The molecule has 0 aromatic heterocycles. The maximum absolute atomic E-state index is 3.81. The van der Waals surface area contributed by atoms with Crippen molar-refractivity contribution in [1.82, 2.24) is 5.32 Å². The lowest BCUT2D eigenvalue weighted by Crippen LogP contribution is -1.98. The van der Waals surface area contributed by atoms with Crippen LogP contribution in [0.5, 0.6) is 0 Å². The average molecular weight is 189 g/mol. The predicted molar refractivity (Wildman–Crippen MR) is 64.8 cm³/mol. The molecule has 14 heavy (non-hydrogen) atoms. The molecule has 0 saturated carbocycles. The molecule has 0 aliphatic rings. The van der Waals surface area contributed by atoms with Crippen molar-refractivity contribution in [2.24, 2.45) is 0 Å². The lowest BCUT2D eigenvalue weighted by molar-refractivity contribution is 1.10. The van der Waals surface area contributed by atoms with Crippen molar-refractivity contribution in [1.29, 1.82) is 0 Å². The van der Waals surface area contributed by atoms with E-state index in [1.54, 1.807) is 6.20 Å². The Hall–Kier alpha value is -1.50. The zero-order chi connectivity index (χ0) is 10.8. The van der Waals surface area contributed by atoms with Gasteiger partial charge in [-0.15, -0.1) is 6.58 Å². The predicted octanol–water partition coefficient (Wildman–Crippen LogP) is 3.70. The molecule has 0 unspecified atom stereocenters. The van der Waals surface area contributed by atoms with Crippen LogP contribution >= 0.6 is 0 Å². The quantitative estimate of drug-likeness (QED) is 0.475. The summed E-state index contributed by atoms with van der Waals surface area (Å²) in [6.07, 6.45) is 11.6. The van der Waals surface area contributed by atoms with Crippen molar-refractivity contribution in [3.8, 4) is 0 Å². The summed E-state index contributed by atoms with van der Waals surface area (Å²) < 4.78 is 0. The van der Waals surface area contributed by atoms with Gasteiger partial charge in [-0.05, 0) is 25.1 Å². The molecule has 1 N–H and O–H groups in total. The lowest BCUT2D eigenvalue weighted by Gasteiger charge is -1.99. The Morgan fingerprint density at radius 3 is 2.50 bits per heavy atom. The summed E-state index contributed by atoms with van der Waals surface area (Å²) in [6.45, 7) is 13.2. The van der Waals surface area contributed by atoms with Gasteiger partial charge < -0.3 is 5.32 Å². The molecule has 0 rings (SSSR count). The smallest absolute Gasteiger partial charge is 0.0306 e. The molecule has 0 amide bonds. The third kappa shape index (κ3) is 6.06. The van der Waals surface area contributed by atoms with E-state index in [1.165, 1.54) is 5.57 Å². The molecule has 0 atom stereocenters. The van der Waals surface area contributed by atoms with Crippen molar-refractivity contribution >= 4 is 0 Å². The highest BCUT2D eigenvalue weighted by Gasteiger charge is 1.87. The Morgan fingerprint density at radius 1 is 1.29 bits per heavy atom. The van der Waals surface area contributed by atoms with Crippen LogP contribution in [0.15, 0.2) is 61.5 Å². The molecule has 1 nitrogen and oxygen atoms in total. The highest BCUT2D eigenvalue weighted by atomic mass is 14.8. The minimum atomic E-state index is 0.845. The van der Waals surface area contributed by atoms with Crippen LogP contribution in [0.3, 0.4) is 0 Å². The number of hydrogen-bond donors (Lipinski definition) is 1. The number of rotatable bonds is 7. The molecular weight excluding hydrogens is 170 g/mol. The second-order valence-electron chi connectivity index (χ2n) is 2.86. The van der Waals surface area contributed by atoms with Gasteiger partial charge in [0.15, 0.2) is 0 Å². The van der Waals surface area contributed by atoms with Crippen molar-refractivity contribution in [3.05, 3.63) is 61.5 Å². The first-order chi connectivity index (χ1) is 6.74. The van der Waals surface area contributed by atoms with Crippen LogP contribution in [-0.2, 0) is 0 Å². The summed E-state index contributed by atoms with van der Waals surface area (Å²) in [5, 5.41) is 2.92. The third-order valence-electron chi connectivity index (χ3n) is 1.74. The first kappa shape index (κ1) is 12.5. The van der Waals surface area contributed by atoms with E-state index in [9.17, 15) is 0 Å². The van der Waals surface area contributed by atoms with E-state index in [2.05, 4.69) is 44.1 Å². The van der Waals surface area contributed by atoms with E-state index < -0.39 is 0 Å². The first-order valence-electron chi connectivity index (χ1n) is 4.79. The Labute approximate surface area is 87.2 Å². The van der Waals surface area contributed by atoms with Crippen LogP contribution in [0.4, 0.5) is 0 Å². The average Bonchev–Trinajstić information content (AvgIpc) is 2.19. The highest BCUT2D eigenvalue weighted by Crippen LogP contribution is 2.05. The Bertz CT molecular complexity index is 256. The maximum atomic E-state index is 3.81. The monoisotopic (exact) mass is 189 g/mol. The Kier molecular flexibility index (Phi) is 7.24. The van der Waals surface area contributed by atoms with Crippen molar-refractivity contribution in [2.45, 2.75) is 19.8 Å². The molecule has 0 heterocycles. The van der Waals surface area contributed by atoms with Gasteiger partial charge in [0, 0.05) is 5.70 Å². The normalized spacial score (nSPS) is 11.4. The second kappa shape index (κ2) is 8.11. The summed E-state index contributed by atoms with van der Waals surface area (Å²) in [6, 6.07) is 0. The molecule has 0 fully saturated rings. The zero-order valence-corrected chi connectivity index (χ0v) is 8.92. The van der Waals surface area contributed by atoms with Gasteiger partial charge in [-0.3, -0.25) is 0 Å². The molecule has 1 heteroatoms. The molecule has 0 bridgehead atoms. The summed E-state index contributed by atoms with van der Waals surface area (Å²) in [7, 11) is 0. The summed E-state index contributed by atoms with van der Waals surface area (Å²) in [4.78, 5) is 0. The van der Waals surface area contributed by atoms with E-state index in [4.69, 9.17) is 0 Å². The molecular formula is C13H19N. The summed E-state index contributed by atoms with van der Waals surface area (Å²) >= 11 is 0. The van der Waals surface area contributed by atoms with Gasteiger partial charge in [0.05, 0.1) is 0 Å². The standard InChI is InChI=1S/C13H19N/c1-5-8-9-13(6-2)11-10-12(4)14-7-3/h5,7,9-11,14H,1,3-4,6,8H2,2H3/b11-10-,13-9-. The van der Waals surface area contributed by atoms with Gasteiger partial charge in [0.25, 0.3) is 0 Å². The van der Waals surface area contributed by atoms with Crippen molar-refractivity contribution in [2.75, 3.05) is 0 Å². The molecule has 0 aromatic rings. The van der Waals surface area contributed by atoms with Crippen molar-refractivity contribution < 1.29 is 0 Å². The van der Waals surface area contributed by atoms with Crippen LogP contribution in [0, 0.1) is 0 Å². The number of nitrogens with one attached hydrogen (secondary N) is 1. The first-order valence-corrected chi connectivity index (χ1v) is 4.79. The van der Waals surface area contributed by atoms with Crippen molar-refractivity contribution in [3.63, 3.8) is 0 Å². The van der Waals surface area contributed by atoms with E-state index in [0.717, 1.165) is 18.5 Å². The zero-order valence-electron chi connectivity index (χ0n) is 8.92. The van der Waals surface area contributed by atoms with Crippen LogP contribution in [0.1, 0.15) is 19.8 Å². The summed E-state index contributed by atoms with van der Waals surface area (Å²) in [5.41, 5.74) is 2.13. The van der Waals surface area contributed by atoms with E-state index in [0.29, 0.717) is 0 Å². The molecule has 0 aliphatic carbocycles. The van der Waals surface area contributed by atoms with Crippen LogP contribution < -0.4 is 5.32 Å². The number of hydrogen-bond acceptors (Lipinski definition) is 1. The van der Waals surface area contributed by atoms with Gasteiger partial charge in [-0.2, -0.15) is 0 Å². The molecule has 0 radical (unpaired) electrons. The van der Waals surface area contributed by atoms with Gasteiger partial charge >= 0.3 is 0 Å². The van der Waals surface area contributed by atoms with Gasteiger partial charge in [-0.25, -0.2) is 0 Å². The molecule has 0 spiro atoms. The van der Waals surface area contributed by atoms with E-state index in [1.807, 2.05) is 12.2 Å². The molecule has 0 aromatic carbocycles. The molecule has 0 saturated heterocycles. The fraction of sp³-hybridized carbons (Fsp3) is 0.231. The Morgan fingerprint density at radius 2 is 2.00 bits per heavy atom. The fourth-order valence-corrected chi connectivity index (χ4v) is 0.952. The molecule has 0 aliphatic heterocycles. The SMILES string of the molecule is C=CC/C=C(\C=C/C(=C)NC=C)CC. The van der Waals surface area contributed by atoms with Crippen LogP contribution in [-0.4, -0.2) is 0 Å². The van der Waals surface area contributed by atoms with Gasteiger partial charge in [-0.1, -0.05) is 43.9 Å². The van der Waals surface area contributed by atoms with E-state index in [-0.39, 0.29) is 0 Å². The largest absolute Gasteiger partial charge is 0.363 e. The van der Waals surface area contributed by atoms with Gasteiger partial charge in [0.1, 0.15) is 0 Å². The van der Waals surface area contributed by atoms with E-state index >= 15 is 0 Å². The third-order valence-corrected chi connectivity index (χ3v) is 1.74. The topological polar surface area (TPSA) is 12.0 Å². The van der Waals surface area contributed by atoms with Crippen LogP contribution in [0.2, 0.25) is 0 Å². The lowest BCUT2D eigenvalue weighted by atomic mass is 10.1. The molecule has 76 valence electrons. The minimum Gasteiger partial charge on any atom is -0.363 e. The van der Waals surface area contributed by atoms with Gasteiger partial charge in [0.2, 0.25) is 0 Å². The highest BCUT2D eigenvalue weighted by molar-refractivity contribution is 5.26.